The van der Waals surface area contributed by atoms with Gasteiger partial charge in [-0.3, -0.25) is 4.79 Å². The van der Waals surface area contributed by atoms with Gasteiger partial charge in [-0.25, -0.2) is 4.98 Å². The summed E-state index contributed by atoms with van der Waals surface area (Å²) in [6.45, 7) is 3.77. The summed E-state index contributed by atoms with van der Waals surface area (Å²) in [5.41, 5.74) is 1.80. The zero-order valence-electron chi connectivity index (χ0n) is 9.23. The minimum absolute atomic E-state index is 0.462. The molecular formula is C12H13NO2S. The number of rotatable bonds is 3. The molecule has 0 saturated carbocycles. The van der Waals surface area contributed by atoms with E-state index in [9.17, 15) is 4.79 Å². The van der Waals surface area contributed by atoms with Gasteiger partial charge in [-0.05, 0) is 31.0 Å². The number of aliphatic carboxylic acids is 1. The smallest absolute Gasteiger partial charge is 0.310 e. The van der Waals surface area contributed by atoms with Gasteiger partial charge in [0.1, 0.15) is 0 Å². The van der Waals surface area contributed by atoms with Crippen LogP contribution in [0, 0.1) is 0 Å². The van der Waals surface area contributed by atoms with E-state index in [1.807, 2.05) is 18.2 Å². The van der Waals surface area contributed by atoms with Crippen molar-refractivity contribution in [2.75, 3.05) is 0 Å². The maximum Gasteiger partial charge on any atom is 0.310 e. The Hall–Kier alpha value is -1.42. The summed E-state index contributed by atoms with van der Waals surface area (Å²) in [5.74, 6) is -1.25. The zero-order chi connectivity index (χ0) is 11.7. The molecule has 0 bridgehead atoms. The molecule has 2 aromatic rings. The predicted octanol–water partition coefficient (Wildman–Crippen LogP) is 3.05. The molecule has 2 rings (SSSR count). The molecule has 0 aliphatic rings. The second-order valence-electron chi connectivity index (χ2n) is 3.75. The van der Waals surface area contributed by atoms with Gasteiger partial charge in [0.05, 0.1) is 21.1 Å². The topological polar surface area (TPSA) is 50.2 Å². The van der Waals surface area contributed by atoms with Crippen LogP contribution in [-0.4, -0.2) is 16.1 Å². The van der Waals surface area contributed by atoms with E-state index in [0.29, 0.717) is 0 Å². The van der Waals surface area contributed by atoms with Crippen LogP contribution in [0.5, 0.6) is 0 Å². The number of aryl methyl sites for hydroxylation is 1. The van der Waals surface area contributed by atoms with Crippen LogP contribution < -0.4 is 0 Å². The molecular weight excluding hydrogens is 222 g/mol. The fourth-order valence-electron chi connectivity index (χ4n) is 1.55. The molecule has 0 spiro atoms. The summed E-state index contributed by atoms with van der Waals surface area (Å²) in [4.78, 5) is 15.3. The number of nitrogens with zero attached hydrogens (tertiary/aromatic N) is 1. The van der Waals surface area contributed by atoms with E-state index in [2.05, 4.69) is 11.9 Å². The highest BCUT2D eigenvalue weighted by Gasteiger charge is 2.14. The van der Waals surface area contributed by atoms with Crippen molar-refractivity contribution in [2.24, 2.45) is 0 Å². The van der Waals surface area contributed by atoms with E-state index in [1.54, 1.807) is 18.3 Å². The highest BCUT2D eigenvalue weighted by Crippen LogP contribution is 2.26. The molecule has 1 aromatic heterocycles. The van der Waals surface area contributed by atoms with Crippen molar-refractivity contribution >= 4 is 27.5 Å². The first-order valence-electron chi connectivity index (χ1n) is 5.24. The number of hydrogen-bond donors (Lipinski definition) is 1. The first kappa shape index (κ1) is 11.1. The molecule has 1 atom stereocenters. The normalized spacial score (nSPS) is 12.9. The van der Waals surface area contributed by atoms with Gasteiger partial charge in [0.15, 0.2) is 0 Å². The molecule has 1 unspecified atom stereocenters. The Labute approximate surface area is 97.8 Å². The van der Waals surface area contributed by atoms with Crippen LogP contribution in [0.4, 0.5) is 0 Å². The predicted molar refractivity (Wildman–Crippen MR) is 65.0 cm³/mol. The number of fused-ring (bicyclic) bond motifs is 1. The number of carboxylic acid groups (broad SMARTS) is 1. The number of carbonyl (C=O) groups is 1. The van der Waals surface area contributed by atoms with Gasteiger partial charge < -0.3 is 5.11 Å². The van der Waals surface area contributed by atoms with E-state index >= 15 is 0 Å². The lowest BCUT2D eigenvalue weighted by Gasteiger charge is -2.05. The average Bonchev–Trinajstić information content (AvgIpc) is 2.69. The van der Waals surface area contributed by atoms with Crippen LogP contribution in [0.15, 0.2) is 18.2 Å². The van der Waals surface area contributed by atoms with Crippen LogP contribution in [-0.2, 0) is 11.2 Å². The Morgan fingerprint density at radius 2 is 2.31 bits per heavy atom. The van der Waals surface area contributed by atoms with Crippen molar-refractivity contribution in [2.45, 2.75) is 26.2 Å². The van der Waals surface area contributed by atoms with Crippen molar-refractivity contribution in [3.8, 4) is 0 Å². The highest BCUT2D eigenvalue weighted by atomic mass is 32.1. The zero-order valence-corrected chi connectivity index (χ0v) is 10.0. The monoisotopic (exact) mass is 235 g/mol. The van der Waals surface area contributed by atoms with Gasteiger partial charge in [0.25, 0.3) is 0 Å². The van der Waals surface area contributed by atoms with E-state index in [-0.39, 0.29) is 0 Å². The average molecular weight is 235 g/mol. The molecule has 0 radical (unpaired) electrons. The largest absolute Gasteiger partial charge is 0.481 e. The van der Waals surface area contributed by atoms with E-state index in [1.165, 1.54) is 0 Å². The molecule has 16 heavy (non-hydrogen) atoms. The van der Waals surface area contributed by atoms with Crippen molar-refractivity contribution in [3.05, 3.63) is 28.8 Å². The molecule has 0 aliphatic carbocycles. The van der Waals surface area contributed by atoms with Gasteiger partial charge in [-0.15, -0.1) is 11.3 Å². The van der Waals surface area contributed by atoms with Gasteiger partial charge in [0, 0.05) is 0 Å². The first-order chi connectivity index (χ1) is 7.61. The van der Waals surface area contributed by atoms with E-state index < -0.39 is 11.9 Å². The third-order valence-corrected chi connectivity index (χ3v) is 3.79. The number of aromatic nitrogens is 1. The van der Waals surface area contributed by atoms with Crippen molar-refractivity contribution in [1.29, 1.82) is 0 Å². The highest BCUT2D eigenvalue weighted by molar-refractivity contribution is 7.18. The summed E-state index contributed by atoms with van der Waals surface area (Å²) in [7, 11) is 0. The first-order valence-corrected chi connectivity index (χ1v) is 6.05. The SMILES string of the molecule is CCc1nc2ccc(C(C)C(=O)O)cc2s1. The second-order valence-corrected chi connectivity index (χ2v) is 4.86. The fraction of sp³-hybridized carbons (Fsp3) is 0.333. The quantitative estimate of drug-likeness (QED) is 0.889. The second kappa shape index (κ2) is 4.22. The molecule has 1 N–H and O–H groups in total. The fourth-order valence-corrected chi connectivity index (χ4v) is 2.51. The van der Waals surface area contributed by atoms with Gasteiger partial charge in [0.2, 0.25) is 0 Å². The third kappa shape index (κ3) is 1.93. The van der Waals surface area contributed by atoms with Crippen molar-refractivity contribution in [3.63, 3.8) is 0 Å². The summed E-state index contributed by atoms with van der Waals surface area (Å²) in [5, 5.41) is 10.0. The molecule has 4 heteroatoms. The molecule has 0 fully saturated rings. The van der Waals surface area contributed by atoms with Crippen LogP contribution in [0.25, 0.3) is 10.2 Å². The maximum absolute atomic E-state index is 10.9. The Morgan fingerprint density at radius 1 is 1.56 bits per heavy atom. The molecule has 84 valence electrons. The lowest BCUT2D eigenvalue weighted by Crippen LogP contribution is -2.06. The number of carboxylic acids is 1. The van der Waals surface area contributed by atoms with Crippen molar-refractivity contribution in [1.82, 2.24) is 4.98 Å². The number of benzene rings is 1. The Bertz CT molecular complexity index is 533. The van der Waals surface area contributed by atoms with Gasteiger partial charge in [-0.2, -0.15) is 0 Å². The summed E-state index contributed by atoms with van der Waals surface area (Å²) in [6.07, 6.45) is 0.920. The Morgan fingerprint density at radius 3 is 2.94 bits per heavy atom. The van der Waals surface area contributed by atoms with Gasteiger partial charge in [-0.1, -0.05) is 13.0 Å². The summed E-state index contributed by atoms with van der Waals surface area (Å²) < 4.78 is 1.07. The third-order valence-electron chi connectivity index (χ3n) is 2.63. The van der Waals surface area contributed by atoms with Crippen LogP contribution >= 0.6 is 11.3 Å². The minimum Gasteiger partial charge on any atom is -0.481 e. The molecule has 1 heterocycles. The van der Waals surface area contributed by atoms with Crippen LogP contribution in [0.3, 0.4) is 0 Å². The lowest BCUT2D eigenvalue weighted by molar-refractivity contribution is -0.138. The number of thiazole rings is 1. The standard InChI is InChI=1S/C12H13NO2S/c1-3-11-13-9-5-4-8(6-10(9)16-11)7(2)12(14)15/h4-7H,3H2,1-2H3,(H,14,15). The molecule has 0 saturated heterocycles. The summed E-state index contributed by atoms with van der Waals surface area (Å²) in [6, 6.07) is 5.69. The minimum atomic E-state index is -0.792. The van der Waals surface area contributed by atoms with Gasteiger partial charge >= 0.3 is 5.97 Å². The Kier molecular flexibility index (Phi) is 2.92. The number of hydrogen-bond acceptors (Lipinski definition) is 3. The molecule has 0 amide bonds. The van der Waals surface area contributed by atoms with Crippen molar-refractivity contribution < 1.29 is 9.90 Å². The Balaban J connectivity index is 2.46. The molecule has 0 aliphatic heterocycles. The maximum atomic E-state index is 10.9. The van der Waals surface area contributed by atoms with E-state index in [0.717, 1.165) is 27.2 Å². The molecule has 1 aromatic carbocycles. The van der Waals surface area contributed by atoms with E-state index in [4.69, 9.17) is 5.11 Å². The van der Waals surface area contributed by atoms with Crippen LogP contribution in [0.1, 0.15) is 30.3 Å². The molecule has 3 nitrogen and oxygen atoms in total. The summed E-state index contributed by atoms with van der Waals surface area (Å²) >= 11 is 1.64. The van der Waals surface area contributed by atoms with Crippen LogP contribution in [0.2, 0.25) is 0 Å². The lowest BCUT2D eigenvalue weighted by atomic mass is 10.0.